The Balaban J connectivity index is 1.58. The maximum atomic E-state index is 12.4. The van der Waals surface area contributed by atoms with E-state index in [1.165, 1.54) is 5.57 Å². The number of ketones is 2. The highest BCUT2D eigenvalue weighted by molar-refractivity contribution is 5.97. The average Bonchev–Trinajstić information content (AvgIpc) is 2.75. The summed E-state index contributed by atoms with van der Waals surface area (Å²) in [6.45, 7) is 4.59. The molecule has 0 unspecified atom stereocenters. The first kappa shape index (κ1) is 13.3. The minimum absolute atomic E-state index is 0.0736. The van der Waals surface area contributed by atoms with Crippen LogP contribution in [0.5, 0.6) is 0 Å². The summed E-state index contributed by atoms with van der Waals surface area (Å²) in [5.41, 5.74) is 1.43. The molecule has 22 heavy (non-hydrogen) atoms. The summed E-state index contributed by atoms with van der Waals surface area (Å²) in [6.07, 6.45) is 6.90. The largest absolute Gasteiger partial charge is 0.482 e. The van der Waals surface area contributed by atoms with Crippen molar-refractivity contribution in [2.24, 2.45) is 28.6 Å². The van der Waals surface area contributed by atoms with Crippen molar-refractivity contribution < 1.29 is 14.3 Å². The topological polar surface area (TPSA) is 43.4 Å². The van der Waals surface area contributed by atoms with Crippen LogP contribution < -0.4 is 0 Å². The third-order valence-electron chi connectivity index (χ3n) is 8.02. The van der Waals surface area contributed by atoms with E-state index in [1.807, 2.05) is 0 Å². The van der Waals surface area contributed by atoms with Crippen LogP contribution in [-0.4, -0.2) is 17.7 Å². The van der Waals surface area contributed by atoms with Gasteiger partial charge in [-0.25, -0.2) is 0 Å². The Kier molecular flexibility index (Phi) is 2.34. The van der Waals surface area contributed by atoms with Gasteiger partial charge < -0.3 is 4.74 Å². The van der Waals surface area contributed by atoms with Crippen molar-refractivity contribution >= 4 is 11.6 Å². The number of ether oxygens (including phenoxy) is 1. The van der Waals surface area contributed by atoms with E-state index in [2.05, 4.69) is 13.8 Å². The van der Waals surface area contributed by atoms with E-state index in [4.69, 9.17) is 4.74 Å². The third kappa shape index (κ3) is 1.31. The van der Waals surface area contributed by atoms with Crippen LogP contribution in [0, 0.1) is 28.6 Å². The van der Waals surface area contributed by atoms with E-state index in [0.29, 0.717) is 35.7 Å². The normalized spacial score (nSPS) is 52.5. The third-order valence-corrected chi connectivity index (χ3v) is 8.02. The van der Waals surface area contributed by atoms with Crippen molar-refractivity contribution in [3.63, 3.8) is 0 Å². The van der Waals surface area contributed by atoms with E-state index in [0.717, 1.165) is 38.5 Å². The van der Waals surface area contributed by atoms with Crippen molar-refractivity contribution in [2.75, 3.05) is 0 Å². The minimum atomic E-state index is -0.0736. The number of rotatable bonds is 0. The highest BCUT2D eigenvalue weighted by Crippen LogP contribution is 2.67. The molecule has 3 saturated carbocycles. The second kappa shape index (κ2) is 3.85. The summed E-state index contributed by atoms with van der Waals surface area (Å²) in [6, 6.07) is 0. The first-order valence-electron chi connectivity index (χ1n) is 8.93. The van der Waals surface area contributed by atoms with Gasteiger partial charge in [-0.3, -0.25) is 9.59 Å². The highest BCUT2D eigenvalue weighted by Gasteiger charge is 2.64. The Labute approximate surface area is 131 Å². The fourth-order valence-corrected chi connectivity index (χ4v) is 6.79. The number of fused-ring (bicyclic) bond motifs is 4. The van der Waals surface area contributed by atoms with E-state index < -0.39 is 0 Å². The standard InChI is InChI=1S/C19H24O3/c1-18-7-5-12-10(11(18)3-4-15(18)21)9-14-16-17(22-14)13(20)6-8-19(12,16)2/h10-12,14H,3-9H2,1-2H3/t10-,11-,12-,14+,18-,19+/m0/s1. The Morgan fingerprint density at radius 1 is 1.00 bits per heavy atom. The molecular formula is C19H24O3. The second-order valence-corrected chi connectivity index (χ2v) is 8.72. The van der Waals surface area contributed by atoms with Gasteiger partial charge in [-0.2, -0.15) is 0 Å². The molecule has 0 spiro atoms. The zero-order valence-corrected chi connectivity index (χ0v) is 13.5. The summed E-state index contributed by atoms with van der Waals surface area (Å²) in [4.78, 5) is 24.5. The number of carbonyl (C=O) groups is 2. The van der Waals surface area contributed by atoms with Crippen LogP contribution in [0.15, 0.2) is 11.3 Å². The predicted octanol–water partition coefficient (Wildman–Crippen LogP) is 3.42. The molecule has 3 fully saturated rings. The first-order valence-corrected chi connectivity index (χ1v) is 8.93. The van der Waals surface area contributed by atoms with E-state index >= 15 is 0 Å². The molecular weight excluding hydrogens is 276 g/mol. The molecule has 0 radical (unpaired) electrons. The van der Waals surface area contributed by atoms with Crippen LogP contribution >= 0.6 is 0 Å². The molecule has 0 aromatic carbocycles. The van der Waals surface area contributed by atoms with Gasteiger partial charge in [-0.15, -0.1) is 0 Å². The summed E-state index contributed by atoms with van der Waals surface area (Å²) in [5, 5.41) is 0. The summed E-state index contributed by atoms with van der Waals surface area (Å²) in [5.74, 6) is 3.24. The summed E-state index contributed by atoms with van der Waals surface area (Å²) < 4.78 is 5.89. The van der Waals surface area contributed by atoms with E-state index in [9.17, 15) is 9.59 Å². The Bertz CT molecular complexity index is 633. The number of hydrogen-bond donors (Lipinski definition) is 0. The molecule has 4 aliphatic carbocycles. The summed E-state index contributed by atoms with van der Waals surface area (Å²) in [7, 11) is 0. The Morgan fingerprint density at radius 3 is 2.59 bits per heavy atom. The Morgan fingerprint density at radius 2 is 1.77 bits per heavy atom. The van der Waals surface area contributed by atoms with Gasteiger partial charge in [-0.05, 0) is 55.3 Å². The Hall–Kier alpha value is -1.12. The second-order valence-electron chi connectivity index (χ2n) is 8.72. The van der Waals surface area contributed by atoms with Gasteiger partial charge in [0.05, 0.1) is 0 Å². The molecule has 0 amide bonds. The van der Waals surface area contributed by atoms with Crippen molar-refractivity contribution in [1.29, 1.82) is 0 Å². The lowest BCUT2D eigenvalue weighted by molar-refractivity contribution is -0.145. The lowest BCUT2D eigenvalue weighted by atomic mass is 9.46. The molecule has 118 valence electrons. The molecule has 0 aromatic rings. The van der Waals surface area contributed by atoms with Gasteiger partial charge in [0, 0.05) is 23.8 Å². The highest BCUT2D eigenvalue weighted by atomic mass is 16.5. The average molecular weight is 300 g/mol. The van der Waals surface area contributed by atoms with Crippen LogP contribution in [0.2, 0.25) is 0 Å². The van der Waals surface area contributed by atoms with Crippen molar-refractivity contribution in [1.82, 2.24) is 0 Å². The molecule has 5 aliphatic rings. The van der Waals surface area contributed by atoms with Crippen LogP contribution in [0.4, 0.5) is 0 Å². The quantitative estimate of drug-likeness (QED) is 0.688. The molecule has 0 aromatic heterocycles. The maximum absolute atomic E-state index is 12.4. The van der Waals surface area contributed by atoms with Crippen LogP contribution in [0.3, 0.4) is 0 Å². The van der Waals surface area contributed by atoms with Gasteiger partial charge in [0.2, 0.25) is 0 Å². The van der Waals surface area contributed by atoms with Gasteiger partial charge in [0.15, 0.2) is 11.5 Å². The molecule has 3 nitrogen and oxygen atoms in total. The summed E-state index contributed by atoms with van der Waals surface area (Å²) >= 11 is 0. The lowest BCUT2D eigenvalue weighted by Gasteiger charge is -2.61. The zero-order valence-electron chi connectivity index (χ0n) is 13.5. The SMILES string of the molecule is C[C@]12CCC(=O)C3=C1[C@@H](C[C@@H]1[C@@H]2CC[C@]2(C)C(=O)CC[C@@H]12)O3. The van der Waals surface area contributed by atoms with Crippen LogP contribution in [-0.2, 0) is 14.3 Å². The molecule has 6 atom stereocenters. The number of Topliss-reactive ketones (excluding diaryl/α,β-unsaturated/α-hetero) is 2. The molecule has 3 heteroatoms. The predicted molar refractivity (Wildman–Crippen MR) is 80.9 cm³/mol. The molecule has 0 saturated heterocycles. The van der Waals surface area contributed by atoms with Crippen molar-refractivity contribution in [3.8, 4) is 0 Å². The van der Waals surface area contributed by atoms with E-state index in [1.54, 1.807) is 0 Å². The van der Waals surface area contributed by atoms with Gasteiger partial charge in [-0.1, -0.05) is 13.8 Å². The molecule has 5 rings (SSSR count). The fourth-order valence-electron chi connectivity index (χ4n) is 6.79. The van der Waals surface area contributed by atoms with Gasteiger partial charge in [0.1, 0.15) is 11.9 Å². The fraction of sp³-hybridized carbons (Fsp3) is 0.789. The van der Waals surface area contributed by atoms with Crippen LogP contribution in [0.1, 0.15) is 58.8 Å². The maximum Gasteiger partial charge on any atom is 0.197 e. The monoisotopic (exact) mass is 300 g/mol. The van der Waals surface area contributed by atoms with E-state index in [-0.39, 0.29) is 22.7 Å². The zero-order chi connectivity index (χ0) is 15.3. The lowest BCUT2D eigenvalue weighted by Crippen LogP contribution is -2.58. The molecule has 0 bridgehead atoms. The van der Waals surface area contributed by atoms with Crippen LogP contribution in [0.25, 0.3) is 0 Å². The van der Waals surface area contributed by atoms with Gasteiger partial charge >= 0.3 is 0 Å². The van der Waals surface area contributed by atoms with Crippen molar-refractivity contribution in [3.05, 3.63) is 11.3 Å². The number of hydrogen-bond acceptors (Lipinski definition) is 3. The molecule has 0 N–H and O–H groups in total. The van der Waals surface area contributed by atoms with Gasteiger partial charge in [0.25, 0.3) is 0 Å². The smallest absolute Gasteiger partial charge is 0.197 e. The number of carbonyl (C=O) groups excluding carboxylic acids is 2. The van der Waals surface area contributed by atoms with Crippen molar-refractivity contribution in [2.45, 2.75) is 64.9 Å². The molecule has 1 heterocycles. The first-order chi connectivity index (χ1) is 10.4. The molecule has 1 aliphatic heterocycles. The minimum Gasteiger partial charge on any atom is -0.482 e.